The summed E-state index contributed by atoms with van der Waals surface area (Å²) in [5, 5.41) is 17.7. The van der Waals surface area contributed by atoms with Crippen LogP contribution in [0.25, 0.3) is 0 Å². The molecule has 0 saturated carbocycles. The summed E-state index contributed by atoms with van der Waals surface area (Å²) in [5.41, 5.74) is 1.29. The highest BCUT2D eigenvalue weighted by Crippen LogP contribution is 2.26. The molecule has 90 valence electrons. The molecule has 17 heavy (non-hydrogen) atoms. The first kappa shape index (κ1) is 13.5. The fourth-order valence-corrected chi connectivity index (χ4v) is 2.00. The molecule has 0 aliphatic rings. The van der Waals surface area contributed by atoms with Crippen LogP contribution in [-0.2, 0) is 4.79 Å². The third-order valence-electron chi connectivity index (χ3n) is 2.23. The molecule has 0 fully saturated rings. The molecule has 1 aromatic heterocycles. The minimum atomic E-state index is -0.907. The normalized spacial score (nSPS) is 12.2. The summed E-state index contributed by atoms with van der Waals surface area (Å²) < 4.78 is 0. The summed E-state index contributed by atoms with van der Waals surface area (Å²) in [4.78, 5) is 15.1. The molecule has 1 N–H and O–H groups in total. The minimum absolute atomic E-state index is 0.252. The van der Waals surface area contributed by atoms with Crippen molar-refractivity contribution in [3.05, 3.63) is 23.4 Å². The van der Waals surface area contributed by atoms with Gasteiger partial charge in [-0.05, 0) is 25.0 Å². The first-order valence-corrected chi connectivity index (χ1v) is 6.14. The topological polar surface area (TPSA) is 74.0 Å². The average molecular weight is 250 g/mol. The number of rotatable bonds is 4. The van der Waals surface area contributed by atoms with Gasteiger partial charge >= 0.3 is 5.97 Å². The maximum atomic E-state index is 10.8. The predicted molar refractivity (Wildman–Crippen MR) is 66.0 cm³/mol. The zero-order chi connectivity index (χ0) is 13.0. The molecule has 0 saturated heterocycles. The quantitative estimate of drug-likeness (QED) is 0.831. The number of thioether (sulfide) groups is 1. The highest BCUT2D eigenvalue weighted by molar-refractivity contribution is 8.00. The lowest BCUT2D eigenvalue weighted by molar-refractivity contribution is -0.136. The van der Waals surface area contributed by atoms with Crippen LogP contribution in [0.1, 0.15) is 37.9 Å². The van der Waals surface area contributed by atoms with Gasteiger partial charge in [-0.15, -0.1) is 0 Å². The van der Waals surface area contributed by atoms with E-state index in [0.29, 0.717) is 10.6 Å². The largest absolute Gasteiger partial charge is 0.480 e. The van der Waals surface area contributed by atoms with E-state index in [-0.39, 0.29) is 5.92 Å². The SMILES string of the molecule is CC(Sc1nc(C(C)C)ccc1C#N)C(=O)O. The first-order chi connectivity index (χ1) is 7.95. The van der Waals surface area contributed by atoms with Crippen LogP contribution in [0.5, 0.6) is 0 Å². The molecular weight excluding hydrogens is 236 g/mol. The van der Waals surface area contributed by atoms with Crippen molar-refractivity contribution in [2.24, 2.45) is 0 Å². The van der Waals surface area contributed by atoms with Crippen LogP contribution >= 0.6 is 11.8 Å². The monoisotopic (exact) mass is 250 g/mol. The van der Waals surface area contributed by atoms with Gasteiger partial charge in [0.15, 0.2) is 0 Å². The number of aromatic nitrogens is 1. The highest BCUT2D eigenvalue weighted by atomic mass is 32.2. The highest BCUT2D eigenvalue weighted by Gasteiger charge is 2.17. The van der Waals surface area contributed by atoms with Crippen molar-refractivity contribution in [1.29, 1.82) is 5.26 Å². The summed E-state index contributed by atoms with van der Waals surface area (Å²) in [5.74, 6) is -0.655. The number of carboxylic acids is 1. The maximum Gasteiger partial charge on any atom is 0.316 e. The lowest BCUT2D eigenvalue weighted by atomic mass is 10.1. The zero-order valence-electron chi connectivity index (χ0n) is 9.97. The Bertz CT molecular complexity index is 466. The van der Waals surface area contributed by atoms with Crippen LogP contribution in [0.2, 0.25) is 0 Å². The summed E-state index contributed by atoms with van der Waals surface area (Å²) >= 11 is 1.10. The van der Waals surface area contributed by atoms with Gasteiger partial charge in [-0.1, -0.05) is 25.6 Å². The molecule has 0 spiro atoms. The van der Waals surface area contributed by atoms with Crippen molar-refractivity contribution in [3.63, 3.8) is 0 Å². The fraction of sp³-hybridized carbons (Fsp3) is 0.417. The molecule has 1 atom stereocenters. The molecule has 0 aliphatic carbocycles. The van der Waals surface area contributed by atoms with Crippen molar-refractivity contribution in [3.8, 4) is 6.07 Å². The third kappa shape index (κ3) is 3.46. The Morgan fingerprint density at radius 3 is 2.59 bits per heavy atom. The van der Waals surface area contributed by atoms with E-state index < -0.39 is 11.2 Å². The second kappa shape index (κ2) is 5.69. The minimum Gasteiger partial charge on any atom is -0.480 e. The van der Waals surface area contributed by atoms with Gasteiger partial charge in [0.1, 0.15) is 16.3 Å². The third-order valence-corrected chi connectivity index (χ3v) is 3.32. The van der Waals surface area contributed by atoms with Gasteiger partial charge in [0, 0.05) is 5.69 Å². The summed E-state index contributed by atoms with van der Waals surface area (Å²) in [6, 6.07) is 5.53. The molecule has 4 nitrogen and oxygen atoms in total. The van der Waals surface area contributed by atoms with Gasteiger partial charge in [-0.25, -0.2) is 4.98 Å². The van der Waals surface area contributed by atoms with Crippen molar-refractivity contribution in [2.75, 3.05) is 0 Å². The van der Waals surface area contributed by atoms with E-state index >= 15 is 0 Å². The Morgan fingerprint density at radius 1 is 1.47 bits per heavy atom. The van der Waals surface area contributed by atoms with E-state index in [0.717, 1.165) is 17.5 Å². The molecule has 1 aromatic rings. The lowest BCUT2D eigenvalue weighted by Crippen LogP contribution is -2.12. The molecule has 0 bridgehead atoms. The van der Waals surface area contributed by atoms with E-state index in [1.54, 1.807) is 19.1 Å². The van der Waals surface area contributed by atoms with Gasteiger partial charge in [-0.3, -0.25) is 4.79 Å². The number of carboxylic acid groups (broad SMARTS) is 1. The second-order valence-corrected chi connectivity index (χ2v) is 5.28. The maximum absolute atomic E-state index is 10.8. The number of hydrogen-bond donors (Lipinski definition) is 1. The Kier molecular flexibility index (Phi) is 4.53. The molecule has 5 heteroatoms. The number of nitriles is 1. The Balaban J connectivity index is 3.07. The number of nitrogens with zero attached hydrogens (tertiary/aromatic N) is 2. The van der Waals surface area contributed by atoms with Crippen molar-refractivity contribution in [2.45, 2.75) is 37.0 Å². The number of hydrogen-bond acceptors (Lipinski definition) is 4. The smallest absolute Gasteiger partial charge is 0.316 e. The molecule has 0 amide bonds. The Labute approximate surface area is 105 Å². The van der Waals surface area contributed by atoms with Gasteiger partial charge in [0.25, 0.3) is 0 Å². The van der Waals surface area contributed by atoms with Crippen LogP contribution in [0.15, 0.2) is 17.2 Å². The lowest BCUT2D eigenvalue weighted by Gasteiger charge is -2.10. The van der Waals surface area contributed by atoms with Crippen LogP contribution in [0.3, 0.4) is 0 Å². The van der Waals surface area contributed by atoms with Crippen LogP contribution < -0.4 is 0 Å². The molecule has 0 aliphatic heterocycles. The number of aliphatic carboxylic acids is 1. The van der Waals surface area contributed by atoms with Gasteiger partial charge in [0.2, 0.25) is 0 Å². The van der Waals surface area contributed by atoms with Crippen LogP contribution in [-0.4, -0.2) is 21.3 Å². The van der Waals surface area contributed by atoms with Gasteiger partial charge in [0.05, 0.1) is 5.56 Å². The van der Waals surface area contributed by atoms with Gasteiger partial charge < -0.3 is 5.11 Å². The van der Waals surface area contributed by atoms with Crippen molar-refractivity contribution >= 4 is 17.7 Å². The number of carbonyl (C=O) groups is 1. The Hall–Kier alpha value is -1.54. The molecule has 0 aromatic carbocycles. The standard InChI is InChI=1S/C12H14N2O2S/c1-7(2)10-5-4-9(6-13)11(14-10)17-8(3)12(15)16/h4-5,7-8H,1-3H3,(H,15,16). The molecule has 1 heterocycles. The van der Waals surface area contributed by atoms with Crippen LogP contribution in [0, 0.1) is 11.3 Å². The van der Waals surface area contributed by atoms with Crippen molar-refractivity contribution in [1.82, 2.24) is 4.98 Å². The van der Waals surface area contributed by atoms with E-state index in [1.807, 2.05) is 19.9 Å². The molecule has 1 rings (SSSR count). The molecular formula is C12H14N2O2S. The second-order valence-electron chi connectivity index (χ2n) is 3.95. The van der Waals surface area contributed by atoms with E-state index in [4.69, 9.17) is 10.4 Å². The van der Waals surface area contributed by atoms with Crippen molar-refractivity contribution < 1.29 is 9.90 Å². The van der Waals surface area contributed by atoms with E-state index in [9.17, 15) is 4.79 Å². The first-order valence-electron chi connectivity index (χ1n) is 5.26. The van der Waals surface area contributed by atoms with Crippen LogP contribution in [0.4, 0.5) is 0 Å². The Morgan fingerprint density at radius 2 is 2.12 bits per heavy atom. The summed E-state index contributed by atoms with van der Waals surface area (Å²) in [7, 11) is 0. The summed E-state index contributed by atoms with van der Waals surface area (Å²) in [6.45, 7) is 5.59. The average Bonchev–Trinajstić information content (AvgIpc) is 2.28. The number of pyridine rings is 1. The molecule has 0 radical (unpaired) electrons. The fourth-order valence-electron chi connectivity index (χ4n) is 1.17. The van der Waals surface area contributed by atoms with Gasteiger partial charge in [-0.2, -0.15) is 5.26 Å². The van der Waals surface area contributed by atoms with E-state index in [1.165, 1.54) is 0 Å². The summed E-state index contributed by atoms with van der Waals surface area (Å²) in [6.07, 6.45) is 0. The molecule has 1 unspecified atom stereocenters. The predicted octanol–water partition coefficient (Wildman–Crippen LogP) is 2.64. The zero-order valence-corrected chi connectivity index (χ0v) is 10.8. The van der Waals surface area contributed by atoms with E-state index in [2.05, 4.69) is 4.98 Å².